The molecule has 40 heavy (non-hydrogen) atoms. The Morgan fingerprint density at radius 2 is 1.68 bits per heavy atom. The van der Waals surface area contributed by atoms with Crippen LogP contribution in [0.5, 0.6) is 0 Å². The normalized spacial score (nSPS) is 12.8. The number of carbonyl (C=O) groups is 2. The largest absolute Gasteiger partial charge is 0.347 e. The minimum absolute atomic E-state index is 0.00122. The molecule has 2 aromatic heterocycles. The highest BCUT2D eigenvalue weighted by atomic mass is 35.5. The highest BCUT2D eigenvalue weighted by Gasteiger charge is 2.25. The SMILES string of the molecule is O=C(Nc1nn[nH]n1)c1ccc(Cn2nc(-c3ccc(Cl)c(Cl)c3)cc2C(=O)NC2Cc3ccccc3C2)cc1. The number of benzene rings is 3. The van der Waals surface area contributed by atoms with Gasteiger partial charge in [-0.25, -0.2) is 0 Å². The lowest BCUT2D eigenvalue weighted by Gasteiger charge is -2.13. The van der Waals surface area contributed by atoms with E-state index in [-0.39, 0.29) is 23.8 Å². The zero-order valence-electron chi connectivity index (χ0n) is 20.9. The van der Waals surface area contributed by atoms with E-state index in [2.05, 4.69) is 43.4 Å². The van der Waals surface area contributed by atoms with Crippen molar-refractivity contribution < 1.29 is 9.59 Å². The molecule has 2 amide bonds. The van der Waals surface area contributed by atoms with Crippen molar-refractivity contribution in [2.45, 2.75) is 25.4 Å². The second-order valence-electron chi connectivity index (χ2n) is 9.44. The van der Waals surface area contributed by atoms with E-state index in [0.29, 0.717) is 33.5 Å². The number of tetrazole rings is 1. The van der Waals surface area contributed by atoms with E-state index < -0.39 is 0 Å². The van der Waals surface area contributed by atoms with Crippen LogP contribution in [0.15, 0.2) is 72.8 Å². The van der Waals surface area contributed by atoms with Gasteiger partial charge in [0.05, 0.1) is 22.3 Å². The molecule has 200 valence electrons. The van der Waals surface area contributed by atoms with Crippen LogP contribution in [0, 0.1) is 0 Å². The summed E-state index contributed by atoms with van der Waals surface area (Å²) in [4.78, 5) is 26.0. The van der Waals surface area contributed by atoms with Crippen LogP contribution in [0.1, 0.15) is 37.5 Å². The first-order chi connectivity index (χ1) is 19.4. The van der Waals surface area contributed by atoms with Gasteiger partial charge in [0.25, 0.3) is 17.8 Å². The van der Waals surface area contributed by atoms with E-state index in [1.54, 1.807) is 47.1 Å². The van der Waals surface area contributed by atoms with Gasteiger partial charge in [-0.3, -0.25) is 19.6 Å². The first-order valence-electron chi connectivity index (χ1n) is 12.5. The number of aromatic amines is 1. The lowest BCUT2D eigenvalue weighted by Crippen LogP contribution is -2.36. The van der Waals surface area contributed by atoms with Gasteiger partial charge in [-0.05, 0) is 65.1 Å². The van der Waals surface area contributed by atoms with Gasteiger partial charge in [0.15, 0.2) is 0 Å². The average Bonchev–Trinajstić information content (AvgIpc) is 3.70. The molecule has 6 rings (SSSR count). The Labute approximate surface area is 238 Å². The Morgan fingerprint density at radius 1 is 0.925 bits per heavy atom. The van der Waals surface area contributed by atoms with Gasteiger partial charge < -0.3 is 5.32 Å². The Bertz CT molecular complexity index is 1680. The molecule has 1 aliphatic rings. The number of fused-ring (bicyclic) bond motifs is 1. The van der Waals surface area contributed by atoms with Crippen molar-refractivity contribution >= 4 is 41.0 Å². The first kappa shape index (κ1) is 25.7. The quantitative estimate of drug-likeness (QED) is 0.262. The average molecular weight is 573 g/mol. The van der Waals surface area contributed by atoms with E-state index in [4.69, 9.17) is 28.3 Å². The summed E-state index contributed by atoms with van der Waals surface area (Å²) in [5, 5.41) is 24.5. The van der Waals surface area contributed by atoms with Gasteiger partial charge in [0.2, 0.25) is 0 Å². The lowest BCUT2D eigenvalue weighted by atomic mass is 10.1. The number of nitrogens with zero attached hydrogens (tertiary/aromatic N) is 5. The molecular weight excluding hydrogens is 551 g/mol. The molecule has 0 bridgehead atoms. The number of nitrogens with one attached hydrogen (secondary N) is 3. The third kappa shape index (κ3) is 5.45. The number of H-pyrrole nitrogens is 1. The summed E-state index contributed by atoms with van der Waals surface area (Å²) in [6, 6.07) is 22.2. The van der Waals surface area contributed by atoms with Crippen LogP contribution in [0.2, 0.25) is 10.0 Å². The van der Waals surface area contributed by atoms with Crippen LogP contribution in [0.3, 0.4) is 0 Å². The molecule has 0 aliphatic heterocycles. The molecule has 2 heterocycles. The third-order valence-corrected chi connectivity index (χ3v) is 7.47. The maximum Gasteiger partial charge on any atom is 0.270 e. The summed E-state index contributed by atoms with van der Waals surface area (Å²) in [6.07, 6.45) is 1.56. The van der Waals surface area contributed by atoms with Crippen LogP contribution >= 0.6 is 23.2 Å². The van der Waals surface area contributed by atoms with Gasteiger partial charge in [-0.1, -0.05) is 70.8 Å². The van der Waals surface area contributed by atoms with Gasteiger partial charge in [-0.2, -0.15) is 10.3 Å². The van der Waals surface area contributed by atoms with Gasteiger partial charge >= 0.3 is 0 Å². The van der Waals surface area contributed by atoms with Gasteiger partial charge in [0, 0.05) is 17.2 Å². The summed E-state index contributed by atoms with van der Waals surface area (Å²) in [5.74, 6) is -0.499. The molecule has 0 unspecified atom stereocenters. The van der Waals surface area contributed by atoms with Crippen LogP contribution < -0.4 is 10.6 Å². The molecule has 0 radical (unpaired) electrons. The van der Waals surface area contributed by atoms with Crippen LogP contribution in [0.4, 0.5) is 5.95 Å². The Balaban J connectivity index is 1.24. The Kier molecular flexibility index (Phi) is 7.02. The van der Waals surface area contributed by atoms with Crippen molar-refractivity contribution in [1.82, 2.24) is 35.7 Å². The molecule has 0 fully saturated rings. The number of amides is 2. The summed E-state index contributed by atoms with van der Waals surface area (Å²) in [7, 11) is 0. The number of hydrogen-bond donors (Lipinski definition) is 3. The maximum absolute atomic E-state index is 13.5. The Hall–Kier alpha value is -4.54. The fourth-order valence-electron chi connectivity index (χ4n) is 4.76. The number of aromatic nitrogens is 6. The number of halogens is 2. The predicted molar refractivity (Wildman–Crippen MR) is 150 cm³/mol. The van der Waals surface area contributed by atoms with E-state index in [1.807, 2.05) is 18.2 Å². The van der Waals surface area contributed by atoms with E-state index in [9.17, 15) is 9.59 Å². The van der Waals surface area contributed by atoms with E-state index in [0.717, 1.165) is 24.0 Å². The van der Waals surface area contributed by atoms with Crippen molar-refractivity contribution in [3.63, 3.8) is 0 Å². The molecule has 5 aromatic rings. The predicted octanol–water partition coefficient (Wildman–Crippen LogP) is 4.57. The van der Waals surface area contributed by atoms with E-state index in [1.165, 1.54) is 11.1 Å². The van der Waals surface area contributed by atoms with Crippen molar-refractivity contribution in [2.75, 3.05) is 5.32 Å². The maximum atomic E-state index is 13.5. The minimum atomic E-state index is -0.369. The van der Waals surface area contributed by atoms with E-state index >= 15 is 0 Å². The molecule has 1 aliphatic carbocycles. The topological polar surface area (TPSA) is 130 Å². The fraction of sp³-hybridized carbons (Fsp3) is 0.143. The van der Waals surface area contributed by atoms with Crippen LogP contribution in [0.25, 0.3) is 11.3 Å². The zero-order chi connectivity index (χ0) is 27.6. The number of anilines is 1. The van der Waals surface area contributed by atoms with Crippen molar-refractivity contribution in [2.24, 2.45) is 0 Å². The molecule has 3 N–H and O–H groups in total. The molecule has 0 spiro atoms. The monoisotopic (exact) mass is 572 g/mol. The van der Waals surface area contributed by atoms with Crippen molar-refractivity contribution in [3.8, 4) is 11.3 Å². The fourth-order valence-corrected chi connectivity index (χ4v) is 5.06. The summed E-state index contributed by atoms with van der Waals surface area (Å²) >= 11 is 12.4. The van der Waals surface area contributed by atoms with Crippen LogP contribution in [-0.4, -0.2) is 48.3 Å². The Morgan fingerprint density at radius 3 is 2.35 bits per heavy atom. The molecule has 12 heteroatoms. The first-order valence-corrected chi connectivity index (χ1v) is 13.2. The highest BCUT2D eigenvalue weighted by Crippen LogP contribution is 2.29. The zero-order valence-corrected chi connectivity index (χ0v) is 22.4. The molecular formula is C28H22Cl2N8O2. The molecule has 0 saturated heterocycles. The van der Waals surface area contributed by atoms with Gasteiger partial charge in [0.1, 0.15) is 5.69 Å². The molecule has 0 atom stereocenters. The smallest absolute Gasteiger partial charge is 0.270 e. The second kappa shape index (κ2) is 10.9. The molecule has 3 aromatic carbocycles. The van der Waals surface area contributed by atoms with Gasteiger partial charge in [-0.15, -0.1) is 5.10 Å². The van der Waals surface area contributed by atoms with Crippen LogP contribution in [-0.2, 0) is 19.4 Å². The van der Waals surface area contributed by atoms with Crippen molar-refractivity contribution in [3.05, 3.63) is 111 Å². The summed E-state index contributed by atoms with van der Waals surface area (Å²) < 4.78 is 1.66. The molecule has 10 nitrogen and oxygen atoms in total. The standard InChI is InChI=1S/C28H22Cl2N8O2/c29-22-10-9-20(13-23(22)30)24-14-25(27(40)31-21-11-18-3-1-2-4-19(18)12-21)38(35-24)15-16-5-7-17(8-6-16)26(39)32-28-33-36-37-34-28/h1-10,13-14,21H,11-12,15H2,(H,31,40)(H2,32,33,34,36,37,39). The summed E-state index contributed by atoms with van der Waals surface area (Å²) in [5.41, 5.74) is 5.52. The number of carbonyl (C=O) groups excluding carboxylic acids is 2. The van der Waals surface area contributed by atoms with Crippen molar-refractivity contribution in [1.29, 1.82) is 0 Å². The third-order valence-electron chi connectivity index (χ3n) is 6.73. The number of hydrogen-bond acceptors (Lipinski definition) is 6. The lowest BCUT2D eigenvalue weighted by molar-refractivity contribution is 0.0927. The minimum Gasteiger partial charge on any atom is -0.347 e. The summed E-state index contributed by atoms with van der Waals surface area (Å²) in [6.45, 7) is 0.307. The second-order valence-corrected chi connectivity index (χ2v) is 10.2. The highest BCUT2D eigenvalue weighted by molar-refractivity contribution is 6.42. The number of rotatable bonds is 7. The molecule has 0 saturated carbocycles.